The van der Waals surface area contributed by atoms with Crippen molar-refractivity contribution in [2.75, 3.05) is 13.4 Å². The Morgan fingerprint density at radius 3 is 2.60 bits per heavy atom. The van der Waals surface area contributed by atoms with Crippen molar-refractivity contribution in [2.24, 2.45) is 7.05 Å². The van der Waals surface area contributed by atoms with E-state index in [1.165, 1.54) is 11.8 Å². The minimum atomic E-state index is 0.491. The molecule has 0 saturated heterocycles. The van der Waals surface area contributed by atoms with Gasteiger partial charge in [0, 0.05) is 37.3 Å². The lowest BCUT2D eigenvalue weighted by molar-refractivity contribution is 0.394. The third-order valence-corrected chi connectivity index (χ3v) is 4.97. The zero-order chi connectivity index (χ0) is 21.1. The molecule has 8 nitrogen and oxygen atoms in total. The van der Waals surface area contributed by atoms with E-state index in [9.17, 15) is 0 Å². The van der Waals surface area contributed by atoms with Crippen molar-refractivity contribution in [1.29, 1.82) is 0 Å². The van der Waals surface area contributed by atoms with E-state index in [0.717, 1.165) is 28.1 Å². The van der Waals surface area contributed by atoms with E-state index in [0.29, 0.717) is 22.5 Å². The first-order valence-electron chi connectivity index (χ1n) is 9.12. The average molecular weight is 420 g/mol. The molecule has 0 aromatic carbocycles. The molecule has 0 aliphatic carbocycles. The third-order valence-electron chi connectivity index (χ3n) is 4.41. The van der Waals surface area contributed by atoms with Crippen LogP contribution in [0.2, 0.25) is 0 Å². The second-order valence-electron chi connectivity index (χ2n) is 6.50. The van der Waals surface area contributed by atoms with Gasteiger partial charge in [0.05, 0.1) is 36.5 Å². The molecule has 0 N–H and O–H groups in total. The van der Waals surface area contributed by atoms with Crippen LogP contribution < -0.4 is 9.47 Å². The molecule has 152 valence electrons. The van der Waals surface area contributed by atoms with Crippen LogP contribution in [0.3, 0.4) is 0 Å². The predicted molar refractivity (Wildman–Crippen MR) is 115 cm³/mol. The third kappa shape index (κ3) is 4.11. The van der Waals surface area contributed by atoms with Crippen LogP contribution in [0.5, 0.6) is 17.4 Å². The Kier molecular flexibility index (Phi) is 5.62. The van der Waals surface area contributed by atoms with Crippen molar-refractivity contribution in [3.8, 4) is 39.9 Å². The minimum Gasteiger partial charge on any atom is -0.480 e. The molecular weight excluding hydrogens is 400 g/mol. The molecule has 0 bridgehead atoms. The number of thioether (sulfide) groups is 1. The van der Waals surface area contributed by atoms with Crippen LogP contribution in [0, 0.1) is 6.92 Å². The maximum absolute atomic E-state index is 6.07. The van der Waals surface area contributed by atoms with Crippen molar-refractivity contribution in [1.82, 2.24) is 29.7 Å². The maximum atomic E-state index is 6.07. The molecule has 4 heterocycles. The molecule has 0 saturated carbocycles. The van der Waals surface area contributed by atoms with Gasteiger partial charge in [-0.15, -0.1) is 0 Å². The Bertz CT molecular complexity index is 1190. The standard InChI is InChI=1S/C21H20N6O2S/c1-13-7-18(16-10-24-21(30-4)26-20(16)28-3)23-11-19(13)29-15-5-6-22-17(8-15)14-9-25-27(2)12-14/h5-12H,1-4H3. The van der Waals surface area contributed by atoms with Gasteiger partial charge in [0.1, 0.15) is 11.5 Å². The van der Waals surface area contributed by atoms with Crippen LogP contribution in [-0.4, -0.2) is 43.1 Å². The summed E-state index contributed by atoms with van der Waals surface area (Å²) < 4.78 is 13.2. The zero-order valence-corrected chi connectivity index (χ0v) is 17.8. The fraction of sp³-hybridized carbons (Fsp3) is 0.190. The normalized spacial score (nSPS) is 10.8. The van der Waals surface area contributed by atoms with Gasteiger partial charge in [-0.2, -0.15) is 10.1 Å². The Labute approximate surface area is 178 Å². The summed E-state index contributed by atoms with van der Waals surface area (Å²) in [7, 11) is 3.46. The number of nitrogens with zero attached hydrogens (tertiary/aromatic N) is 6. The number of hydrogen-bond donors (Lipinski definition) is 0. The highest BCUT2D eigenvalue weighted by Crippen LogP contribution is 2.32. The SMILES string of the molecule is COc1nc(SC)ncc1-c1cc(C)c(Oc2ccnc(-c3cnn(C)c3)c2)cn1. The number of methoxy groups -OCH3 is 1. The lowest BCUT2D eigenvalue weighted by atomic mass is 10.1. The van der Waals surface area contributed by atoms with E-state index < -0.39 is 0 Å². The highest BCUT2D eigenvalue weighted by atomic mass is 32.2. The lowest BCUT2D eigenvalue weighted by Gasteiger charge is -2.12. The molecule has 30 heavy (non-hydrogen) atoms. The number of ether oxygens (including phenoxy) is 2. The first kappa shape index (κ1) is 19.8. The number of hydrogen-bond acceptors (Lipinski definition) is 8. The van der Waals surface area contributed by atoms with Gasteiger partial charge >= 0.3 is 0 Å². The first-order chi connectivity index (χ1) is 14.6. The van der Waals surface area contributed by atoms with Crippen LogP contribution in [0.15, 0.2) is 54.3 Å². The van der Waals surface area contributed by atoms with E-state index in [1.54, 1.807) is 36.6 Å². The van der Waals surface area contributed by atoms with Crippen LogP contribution in [0.1, 0.15) is 5.56 Å². The van der Waals surface area contributed by atoms with E-state index in [-0.39, 0.29) is 0 Å². The van der Waals surface area contributed by atoms with Gasteiger partial charge in [-0.1, -0.05) is 11.8 Å². The smallest absolute Gasteiger partial charge is 0.226 e. The molecule has 0 aliphatic heterocycles. The summed E-state index contributed by atoms with van der Waals surface area (Å²) in [5, 5.41) is 4.84. The van der Waals surface area contributed by atoms with Crippen LogP contribution in [0.4, 0.5) is 0 Å². The van der Waals surface area contributed by atoms with Crippen LogP contribution >= 0.6 is 11.8 Å². The van der Waals surface area contributed by atoms with Gasteiger partial charge in [0.25, 0.3) is 0 Å². The summed E-state index contributed by atoms with van der Waals surface area (Å²) in [6.07, 6.45) is 10.7. The molecular formula is C21H20N6O2S. The molecule has 4 aromatic heterocycles. The van der Waals surface area contributed by atoms with Gasteiger partial charge in [-0.3, -0.25) is 14.6 Å². The predicted octanol–water partition coefficient (Wildman–Crippen LogP) is 4.17. The molecule has 0 atom stereocenters. The van der Waals surface area contributed by atoms with Crippen LogP contribution in [-0.2, 0) is 7.05 Å². The molecule has 9 heteroatoms. The van der Waals surface area contributed by atoms with E-state index in [2.05, 4.69) is 25.0 Å². The molecule has 0 unspecified atom stereocenters. The average Bonchev–Trinajstić information content (AvgIpc) is 3.21. The highest BCUT2D eigenvalue weighted by Gasteiger charge is 2.13. The topological polar surface area (TPSA) is 87.8 Å². The molecule has 0 aliphatic rings. The van der Waals surface area contributed by atoms with Crippen molar-refractivity contribution < 1.29 is 9.47 Å². The van der Waals surface area contributed by atoms with Gasteiger partial charge < -0.3 is 9.47 Å². The van der Waals surface area contributed by atoms with Crippen molar-refractivity contribution in [2.45, 2.75) is 12.1 Å². The lowest BCUT2D eigenvalue weighted by Crippen LogP contribution is -1.98. The van der Waals surface area contributed by atoms with E-state index >= 15 is 0 Å². The fourth-order valence-corrected chi connectivity index (χ4v) is 3.22. The van der Waals surface area contributed by atoms with Gasteiger partial charge in [0.2, 0.25) is 5.88 Å². The summed E-state index contributed by atoms with van der Waals surface area (Å²) in [5.74, 6) is 1.82. The van der Waals surface area contributed by atoms with E-state index in [1.807, 2.05) is 44.6 Å². The summed E-state index contributed by atoms with van der Waals surface area (Å²) >= 11 is 1.46. The largest absolute Gasteiger partial charge is 0.480 e. The monoisotopic (exact) mass is 420 g/mol. The molecule has 0 fully saturated rings. The molecule has 0 radical (unpaired) electrons. The number of rotatable bonds is 6. The van der Waals surface area contributed by atoms with E-state index in [4.69, 9.17) is 9.47 Å². The first-order valence-corrected chi connectivity index (χ1v) is 10.3. The van der Waals surface area contributed by atoms with Crippen LogP contribution in [0.25, 0.3) is 22.5 Å². The summed E-state index contributed by atoms with van der Waals surface area (Å²) in [5.41, 5.74) is 4.09. The number of aromatic nitrogens is 6. The number of pyridine rings is 2. The van der Waals surface area contributed by atoms with Gasteiger partial charge in [-0.05, 0) is 30.9 Å². The van der Waals surface area contributed by atoms with Crippen molar-refractivity contribution in [3.05, 3.63) is 54.7 Å². The highest BCUT2D eigenvalue weighted by molar-refractivity contribution is 7.98. The minimum absolute atomic E-state index is 0.491. The Morgan fingerprint density at radius 1 is 1.03 bits per heavy atom. The number of aryl methyl sites for hydroxylation is 2. The van der Waals surface area contributed by atoms with Gasteiger partial charge in [-0.25, -0.2) is 4.98 Å². The molecule has 4 rings (SSSR count). The fourth-order valence-electron chi connectivity index (χ4n) is 2.89. The second kappa shape index (κ2) is 8.50. The Morgan fingerprint density at radius 2 is 1.90 bits per heavy atom. The summed E-state index contributed by atoms with van der Waals surface area (Å²) in [4.78, 5) is 17.6. The maximum Gasteiger partial charge on any atom is 0.226 e. The molecule has 0 amide bonds. The second-order valence-corrected chi connectivity index (χ2v) is 7.27. The summed E-state index contributed by atoms with van der Waals surface area (Å²) in [6.45, 7) is 1.97. The van der Waals surface area contributed by atoms with Gasteiger partial charge in [0.15, 0.2) is 5.16 Å². The Hall–Kier alpha value is -3.46. The Balaban J connectivity index is 1.60. The molecule has 4 aromatic rings. The summed E-state index contributed by atoms with van der Waals surface area (Å²) in [6, 6.07) is 5.62. The quantitative estimate of drug-likeness (QED) is 0.339. The van der Waals surface area contributed by atoms with Crippen molar-refractivity contribution >= 4 is 11.8 Å². The zero-order valence-electron chi connectivity index (χ0n) is 17.0. The van der Waals surface area contributed by atoms with Crippen molar-refractivity contribution in [3.63, 3.8) is 0 Å². The molecule has 0 spiro atoms.